The molecule has 0 atom stereocenters. The summed E-state index contributed by atoms with van der Waals surface area (Å²) in [5, 5.41) is 4.85. The van der Waals surface area contributed by atoms with Gasteiger partial charge in [0.25, 0.3) is 0 Å². The highest BCUT2D eigenvalue weighted by Crippen LogP contribution is 2.24. The molecular formula is C17H13ClN2O. The summed E-state index contributed by atoms with van der Waals surface area (Å²) in [5.74, 6) is 0. The number of hydrogen-bond acceptors (Lipinski definition) is 2. The van der Waals surface area contributed by atoms with Crippen molar-refractivity contribution in [3.8, 4) is 5.69 Å². The molecule has 0 aliphatic heterocycles. The Morgan fingerprint density at radius 2 is 1.62 bits per heavy atom. The van der Waals surface area contributed by atoms with Crippen molar-refractivity contribution >= 4 is 17.9 Å². The number of aromatic nitrogens is 2. The second kappa shape index (κ2) is 5.94. The first-order valence-corrected chi connectivity index (χ1v) is 6.99. The molecule has 0 saturated heterocycles. The standard InChI is InChI=1S/C17H13ClN2O/c18-17-15(12-21)16(11-13-7-3-1-4-8-13)19-20(17)14-9-5-2-6-10-14/h1-10,12H,11H2. The largest absolute Gasteiger partial charge is 0.298 e. The molecule has 0 aliphatic carbocycles. The smallest absolute Gasteiger partial charge is 0.155 e. The van der Waals surface area contributed by atoms with Gasteiger partial charge in [0, 0.05) is 6.42 Å². The molecule has 0 N–H and O–H groups in total. The zero-order chi connectivity index (χ0) is 14.7. The topological polar surface area (TPSA) is 34.9 Å². The molecule has 0 bridgehead atoms. The Hall–Kier alpha value is -2.39. The molecule has 2 aromatic carbocycles. The molecule has 1 aromatic heterocycles. The van der Waals surface area contributed by atoms with Crippen LogP contribution in [0.1, 0.15) is 21.6 Å². The minimum atomic E-state index is 0.349. The van der Waals surface area contributed by atoms with E-state index < -0.39 is 0 Å². The van der Waals surface area contributed by atoms with Gasteiger partial charge >= 0.3 is 0 Å². The first-order valence-electron chi connectivity index (χ1n) is 6.61. The molecule has 0 spiro atoms. The van der Waals surface area contributed by atoms with Crippen LogP contribution >= 0.6 is 11.6 Å². The molecular weight excluding hydrogens is 284 g/mol. The second-order valence-electron chi connectivity index (χ2n) is 4.68. The fraction of sp³-hybridized carbons (Fsp3) is 0.0588. The van der Waals surface area contributed by atoms with E-state index in [1.807, 2.05) is 60.7 Å². The van der Waals surface area contributed by atoms with Crippen LogP contribution in [-0.2, 0) is 6.42 Å². The fourth-order valence-electron chi connectivity index (χ4n) is 2.23. The van der Waals surface area contributed by atoms with Crippen LogP contribution in [0, 0.1) is 0 Å². The zero-order valence-electron chi connectivity index (χ0n) is 11.2. The monoisotopic (exact) mass is 296 g/mol. The molecule has 0 unspecified atom stereocenters. The Bertz CT molecular complexity index is 751. The summed E-state index contributed by atoms with van der Waals surface area (Å²) < 4.78 is 1.60. The number of benzene rings is 2. The van der Waals surface area contributed by atoms with Crippen molar-refractivity contribution in [1.29, 1.82) is 0 Å². The maximum Gasteiger partial charge on any atom is 0.155 e. The summed E-state index contributed by atoms with van der Waals surface area (Å²) in [4.78, 5) is 11.3. The lowest BCUT2D eigenvalue weighted by molar-refractivity contribution is 0.112. The summed E-state index contributed by atoms with van der Waals surface area (Å²) in [6, 6.07) is 19.4. The summed E-state index contributed by atoms with van der Waals surface area (Å²) in [7, 11) is 0. The molecule has 0 fully saturated rings. The molecule has 0 saturated carbocycles. The summed E-state index contributed by atoms with van der Waals surface area (Å²) in [5.41, 5.74) is 3.06. The molecule has 1 heterocycles. The first-order chi connectivity index (χ1) is 10.3. The van der Waals surface area contributed by atoms with E-state index in [0.29, 0.717) is 22.8 Å². The van der Waals surface area contributed by atoms with Crippen molar-refractivity contribution in [2.75, 3.05) is 0 Å². The lowest BCUT2D eigenvalue weighted by atomic mass is 10.1. The van der Waals surface area contributed by atoms with Gasteiger partial charge in [-0.3, -0.25) is 4.79 Å². The van der Waals surface area contributed by atoms with Crippen molar-refractivity contribution in [3.05, 3.63) is 82.6 Å². The van der Waals surface area contributed by atoms with Gasteiger partial charge < -0.3 is 0 Å². The molecule has 104 valence electrons. The number of halogens is 1. The van der Waals surface area contributed by atoms with Crippen LogP contribution < -0.4 is 0 Å². The van der Waals surface area contributed by atoms with Crippen LogP contribution in [0.2, 0.25) is 5.15 Å². The van der Waals surface area contributed by atoms with Crippen molar-refractivity contribution < 1.29 is 4.79 Å². The SMILES string of the molecule is O=Cc1c(Cc2ccccc2)nn(-c2ccccc2)c1Cl. The molecule has 0 amide bonds. The molecule has 0 radical (unpaired) electrons. The highest BCUT2D eigenvalue weighted by atomic mass is 35.5. The Morgan fingerprint density at radius 3 is 2.24 bits per heavy atom. The number of aldehydes is 1. The Morgan fingerprint density at radius 1 is 1.00 bits per heavy atom. The highest BCUT2D eigenvalue weighted by Gasteiger charge is 2.16. The molecule has 0 aliphatic rings. The fourth-order valence-corrected chi connectivity index (χ4v) is 2.52. The Balaban J connectivity index is 2.04. The average Bonchev–Trinajstić information content (AvgIpc) is 2.85. The van der Waals surface area contributed by atoms with Gasteiger partial charge in [-0.05, 0) is 17.7 Å². The second-order valence-corrected chi connectivity index (χ2v) is 5.04. The number of carbonyl (C=O) groups excluding carboxylic acids is 1. The third-order valence-corrected chi connectivity index (χ3v) is 3.64. The van der Waals surface area contributed by atoms with Gasteiger partial charge in [-0.1, -0.05) is 60.1 Å². The van der Waals surface area contributed by atoms with Gasteiger partial charge in [-0.15, -0.1) is 0 Å². The van der Waals surface area contributed by atoms with Crippen LogP contribution in [0.4, 0.5) is 0 Å². The Kier molecular flexibility index (Phi) is 3.84. The van der Waals surface area contributed by atoms with Crippen molar-refractivity contribution in [2.24, 2.45) is 0 Å². The third-order valence-electron chi connectivity index (χ3n) is 3.27. The quantitative estimate of drug-likeness (QED) is 0.684. The van der Waals surface area contributed by atoms with Crippen LogP contribution in [0.25, 0.3) is 5.69 Å². The van der Waals surface area contributed by atoms with E-state index in [1.165, 1.54) is 0 Å². The van der Waals surface area contributed by atoms with Crippen molar-refractivity contribution in [2.45, 2.75) is 6.42 Å². The van der Waals surface area contributed by atoms with Gasteiger partial charge in [-0.2, -0.15) is 5.10 Å². The molecule has 4 heteroatoms. The van der Waals surface area contributed by atoms with Crippen LogP contribution in [-0.4, -0.2) is 16.1 Å². The van der Waals surface area contributed by atoms with Crippen LogP contribution in [0.5, 0.6) is 0 Å². The minimum absolute atomic E-state index is 0.349. The van der Waals surface area contributed by atoms with E-state index in [9.17, 15) is 4.79 Å². The van der Waals surface area contributed by atoms with E-state index in [1.54, 1.807) is 4.68 Å². The van der Waals surface area contributed by atoms with Gasteiger partial charge in [-0.25, -0.2) is 4.68 Å². The number of para-hydroxylation sites is 1. The summed E-state index contributed by atoms with van der Waals surface area (Å²) in [6.07, 6.45) is 1.35. The maximum absolute atomic E-state index is 11.3. The molecule has 3 nitrogen and oxygen atoms in total. The third kappa shape index (κ3) is 2.73. The predicted octanol–water partition coefficient (Wildman–Crippen LogP) is 3.93. The van der Waals surface area contributed by atoms with E-state index in [-0.39, 0.29) is 0 Å². The van der Waals surface area contributed by atoms with E-state index in [0.717, 1.165) is 17.5 Å². The Labute approximate surface area is 127 Å². The normalized spacial score (nSPS) is 10.5. The highest BCUT2D eigenvalue weighted by molar-refractivity contribution is 6.32. The van der Waals surface area contributed by atoms with Crippen LogP contribution in [0.15, 0.2) is 60.7 Å². The zero-order valence-corrected chi connectivity index (χ0v) is 12.0. The van der Waals surface area contributed by atoms with Gasteiger partial charge in [0.2, 0.25) is 0 Å². The average molecular weight is 297 g/mol. The van der Waals surface area contributed by atoms with Gasteiger partial charge in [0.05, 0.1) is 16.9 Å². The number of nitrogens with zero attached hydrogens (tertiary/aromatic N) is 2. The lowest BCUT2D eigenvalue weighted by Crippen LogP contribution is -1.97. The maximum atomic E-state index is 11.3. The van der Waals surface area contributed by atoms with Crippen LogP contribution in [0.3, 0.4) is 0 Å². The first kappa shape index (κ1) is 13.6. The predicted molar refractivity (Wildman–Crippen MR) is 83.2 cm³/mol. The number of hydrogen-bond donors (Lipinski definition) is 0. The van der Waals surface area contributed by atoms with Gasteiger partial charge in [0.15, 0.2) is 6.29 Å². The molecule has 3 aromatic rings. The van der Waals surface area contributed by atoms with E-state index in [4.69, 9.17) is 11.6 Å². The molecule has 3 rings (SSSR count). The van der Waals surface area contributed by atoms with E-state index in [2.05, 4.69) is 5.10 Å². The number of carbonyl (C=O) groups is 1. The lowest BCUT2D eigenvalue weighted by Gasteiger charge is -2.01. The van der Waals surface area contributed by atoms with Crippen molar-refractivity contribution in [1.82, 2.24) is 9.78 Å². The van der Waals surface area contributed by atoms with Crippen molar-refractivity contribution in [3.63, 3.8) is 0 Å². The minimum Gasteiger partial charge on any atom is -0.298 e. The van der Waals surface area contributed by atoms with Gasteiger partial charge in [0.1, 0.15) is 5.15 Å². The number of rotatable bonds is 4. The summed E-state index contributed by atoms with van der Waals surface area (Å²) in [6.45, 7) is 0. The molecule has 21 heavy (non-hydrogen) atoms. The van der Waals surface area contributed by atoms with E-state index >= 15 is 0 Å². The summed E-state index contributed by atoms with van der Waals surface area (Å²) >= 11 is 6.30.